The maximum absolute atomic E-state index is 12.5. The fraction of sp³-hybridized carbons (Fsp3) is 0.250. The van der Waals surface area contributed by atoms with Gasteiger partial charge >= 0.3 is 0 Å². The van der Waals surface area contributed by atoms with E-state index in [2.05, 4.69) is 10.9 Å². The summed E-state index contributed by atoms with van der Waals surface area (Å²) in [6, 6.07) is 13.0. The SMILES string of the molecule is CS(=O)(=O)c1ccc(C(=O)NNC(=O)CCC(=O)N2CCSc3ccccc32)cc1. The molecule has 30 heavy (non-hydrogen) atoms. The summed E-state index contributed by atoms with van der Waals surface area (Å²) in [5.41, 5.74) is 5.58. The van der Waals surface area contributed by atoms with Crippen LogP contribution in [0.3, 0.4) is 0 Å². The minimum atomic E-state index is -3.35. The highest BCUT2D eigenvalue weighted by Crippen LogP contribution is 2.34. The van der Waals surface area contributed by atoms with E-state index in [0.717, 1.165) is 22.6 Å². The van der Waals surface area contributed by atoms with Gasteiger partial charge in [-0.05, 0) is 36.4 Å². The minimum absolute atomic E-state index is 0.0176. The summed E-state index contributed by atoms with van der Waals surface area (Å²) >= 11 is 1.69. The van der Waals surface area contributed by atoms with Gasteiger partial charge in [-0.1, -0.05) is 12.1 Å². The van der Waals surface area contributed by atoms with Gasteiger partial charge in [-0.2, -0.15) is 0 Å². The third-order valence-electron chi connectivity index (χ3n) is 4.46. The van der Waals surface area contributed by atoms with E-state index in [0.29, 0.717) is 6.54 Å². The molecule has 0 aliphatic carbocycles. The first-order chi connectivity index (χ1) is 14.3. The van der Waals surface area contributed by atoms with Gasteiger partial charge in [0.2, 0.25) is 11.8 Å². The number of carbonyl (C=O) groups is 3. The smallest absolute Gasteiger partial charge is 0.269 e. The second-order valence-corrected chi connectivity index (χ2v) is 9.81. The lowest BCUT2D eigenvalue weighted by atomic mass is 10.2. The number of anilines is 1. The van der Waals surface area contributed by atoms with E-state index in [1.165, 1.54) is 24.3 Å². The maximum atomic E-state index is 12.5. The molecule has 0 atom stereocenters. The Labute approximate surface area is 178 Å². The van der Waals surface area contributed by atoms with Crippen molar-refractivity contribution in [3.8, 4) is 0 Å². The standard InChI is InChI=1S/C20H21N3O5S2/c1-30(27,28)15-8-6-14(7-9-15)20(26)22-21-18(24)10-11-19(25)23-12-13-29-17-5-3-2-4-16(17)23/h2-9H,10-13H2,1H3,(H,21,24)(H,22,26). The van der Waals surface area contributed by atoms with Crippen molar-refractivity contribution in [2.75, 3.05) is 23.5 Å². The fourth-order valence-corrected chi connectivity index (χ4v) is 4.52. The summed E-state index contributed by atoms with van der Waals surface area (Å²) in [6.45, 7) is 0.586. The lowest BCUT2D eigenvalue weighted by molar-refractivity contribution is -0.125. The zero-order chi connectivity index (χ0) is 21.7. The largest absolute Gasteiger partial charge is 0.310 e. The number of thioether (sulfide) groups is 1. The number of rotatable bonds is 5. The molecular formula is C20H21N3O5S2. The Morgan fingerprint density at radius 2 is 1.70 bits per heavy atom. The summed E-state index contributed by atoms with van der Waals surface area (Å²) in [5, 5.41) is 0. The topological polar surface area (TPSA) is 113 Å². The highest BCUT2D eigenvalue weighted by atomic mass is 32.2. The van der Waals surface area contributed by atoms with Crippen LogP contribution in [0.2, 0.25) is 0 Å². The molecule has 2 N–H and O–H groups in total. The Bertz CT molecular complexity index is 1070. The van der Waals surface area contributed by atoms with Crippen LogP contribution in [0.1, 0.15) is 23.2 Å². The Hall–Kier alpha value is -2.85. The number of fused-ring (bicyclic) bond motifs is 1. The molecule has 158 valence electrons. The first kappa shape index (κ1) is 21.8. The molecule has 0 radical (unpaired) electrons. The monoisotopic (exact) mass is 447 g/mol. The lowest BCUT2D eigenvalue weighted by Crippen LogP contribution is -2.42. The number of hydrazine groups is 1. The molecule has 0 unspecified atom stereocenters. The summed E-state index contributed by atoms with van der Waals surface area (Å²) in [5.74, 6) is -0.440. The van der Waals surface area contributed by atoms with Crippen LogP contribution in [-0.4, -0.2) is 44.7 Å². The van der Waals surface area contributed by atoms with Gasteiger partial charge in [0.15, 0.2) is 9.84 Å². The van der Waals surface area contributed by atoms with Crippen LogP contribution in [0.25, 0.3) is 0 Å². The highest BCUT2D eigenvalue weighted by Gasteiger charge is 2.23. The van der Waals surface area contributed by atoms with E-state index in [4.69, 9.17) is 0 Å². The first-order valence-electron chi connectivity index (χ1n) is 9.17. The molecule has 1 aliphatic rings. The Morgan fingerprint density at radius 1 is 1.00 bits per heavy atom. The molecule has 8 nitrogen and oxygen atoms in total. The van der Waals surface area contributed by atoms with Crippen LogP contribution in [-0.2, 0) is 19.4 Å². The summed E-state index contributed by atoms with van der Waals surface area (Å²) in [7, 11) is -3.35. The molecule has 3 rings (SSSR count). The molecule has 2 aromatic carbocycles. The molecule has 0 bridgehead atoms. The normalized spacial score (nSPS) is 13.3. The predicted molar refractivity (Wildman–Crippen MR) is 114 cm³/mol. The molecule has 0 fully saturated rings. The van der Waals surface area contributed by atoms with Crippen LogP contribution in [0.4, 0.5) is 5.69 Å². The van der Waals surface area contributed by atoms with Gasteiger partial charge in [-0.15, -0.1) is 11.8 Å². The third kappa shape index (κ3) is 5.39. The average molecular weight is 448 g/mol. The zero-order valence-electron chi connectivity index (χ0n) is 16.3. The number of amides is 3. The van der Waals surface area contributed by atoms with Gasteiger partial charge in [-0.3, -0.25) is 25.2 Å². The van der Waals surface area contributed by atoms with Crippen molar-refractivity contribution in [2.24, 2.45) is 0 Å². The predicted octanol–water partition coefficient (Wildman–Crippen LogP) is 1.77. The molecule has 2 aromatic rings. The van der Waals surface area contributed by atoms with Crippen molar-refractivity contribution < 1.29 is 22.8 Å². The third-order valence-corrected chi connectivity index (χ3v) is 6.63. The summed E-state index contributed by atoms with van der Waals surface area (Å²) in [4.78, 5) is 39.5. The number of hydrogen-bond donors (Lipinski definition) is 2. The minimum Gasteiger partial charge on any atom is -0.310 e. The van der Waals surface area contributed by atoms with Crippen molar-refractivity contribution >= 4 is 45.0 Å². The van der Waals surface area contributed by atoms with Gasteiger partial charge in [0.25, 0.3) is 5.91 Å². The number of benzene rings is 2. The van der Waals surface area contributed by atoms with Crippen molar-refractivity contribution in [1.82, 2.24) is 10.9 Å². The molecule has 3 amide bonds. The quantitative estimate of drug-likeness (QED) is 0.676. The number of para-hydroxylation sites is 1. The second kappa shape index (κ2) is 9.31. The number of carbonyl (C=O) groups excluding carboxylic acids is 3. The van der Waals surface area contributed by atoms with Crippen molar-refractivity contribution in [3.63, 3.8) is 0 Å². The van der Waals surface area contributed by atoms with E-state index in [-0.39, 0.29) is 29.2 Å². The van der Waals surface area contributed by atoms with Gasteiger partial charge in [0.05, 0.1) is 10.6 Å². The first-order valence-corrected chi connectivity index (χ1v) is 12.0. The van der Waals surface area contributed by atoms with Crippen molar-refractivity contribution in [2.45, 2.75) is 22.6 Å². The van der Waals surface area contributed by atoms with Crippen molar-refractivity contribution in [1.29, 1.82) is 0 Å². The Morgan fingerprint density at radius 3 is 2.40 bits per heavy atom. The molecule has 1 heterocycles. The molecule has 1 aliphatic heterocycles. The van der Waals surface area contributed by atoms with Gasteiger partial charge in [0, 0.05) is 41.9 Å². The Kier molecular flexibility index (Phi) is 6.78. The van der Waals surface area contributed by atoms with Gasteiger partial charge in [-0.25, -0.2) is 8.42 Å². The average Bonchev–Trinajstić information content (AvgIpc) is 2.74. The van der Waals surface area contributed by atoms with Gasteiger partial charge in [0.1, 0.15) is 0 Å². The lowest BCUT2D eigenvalue weighted by Gasteiger charge is -2.29. The highest BCUT2D eigenvalue weighted by molar-refractivity contribution is 7.99. The molecule has 0 aromatic heterocycles. The van der Waals surface area contributed by atoms with Crippen LogP contribution < -0.4 is 15.8 Å². The van der Waals surface area contributed by atoms with Crippen LogP contribution >= 0.6 is 11.8 Å². The van der Waals surface area contributed by atoms with Crippen LogP contribution in [0.15, 0.2) is 58.3 Å². The maximum Gasteiger partial charge on any atom is 0.269 e. The molecule has 0 spiro atoms. The van der Waals surface area contributed by atoms with Gasteiger partial charge < -0.3 is 4.90 Å². The molecule has 10 heteroatoms. The number of nitrogens with zero attached hydrogens (tertiary/aromatic N) is 1. The number of nitrogens with one attached hydrogen (secondary N) is 2. The van der Waals surface area contributed by atoms with E-state index in [1.807, 2.05) is 24.3 Å². The van der Waals surface area contributed by atoms with E-state index < -0.39 is 21.7 Å². The zero-order valence-corrected chi connectivity index (χ0v) is 17.9. The Balaban J connectivity index is 1.48. The number of hydrogen-bond acceptors (Lipinski definition) is 6. The van der Waals surface area contributed by atoms with E-state index in [1.54, 1.807) is 16.7 Å². The van der Waals surface area contributed by atoms with E-state index in [9.17, 15) is 22.8 Å². The molecule has 0 saturated heterocycles. The number of sulfone groups is 1. The fourth-order valence-electron chi connectivity index (χ4n) is 2.90. The van der Waals surface area contributed by atoms with E-state index >= 15 is 0 Å². The van der Waals surface area contributed by atoms with Crippen molar-refractivity contribution in [3.05, 3.63) is 54.1 Å². The summed E-state index contributed by atoms with van der Waals surface area (Å²) < 4.78 is 22.9. The second-order valence-electron chi connectivity index (χ2n) is 6.66. The molecule has 0 saturated carbocycles. The van der Waals surface area contributed by atoms with Crippen LogP contribution in [0, 0.1) is 0 Å². The summed E-state index contributed by atoms with van der Waals surface area (Å²) in [6.07, 6.45) is 1.02. The van der Waals surface area contributed by atoms with Crippen LogP contribution in [0.5, 0.6) is 0 Å². The molecular weight excluding hydrogens is 426 g/mol.